The first-order chi connectivity index (χ1) is 11.6. The fourth-order valence-corrected chi connectivity index (χ4v) is 3.01. The van der Waals surface area contributed by atoms with Gasteiger partial charge in [0.05, 0.1) is 5.69 Å². The van der Waals surface area contributed by atoms with Crippen LogP contribution in [0.2, 0.25) is 0 Å². The Bertz CT molecular complexity index is 698. The molecule has 2 aromatic carbocycles. The fourth-order valence-electron chi connectivity index (χ4n) is 2.75. The van der Waals surface area contributed by atoms with E-state index in [0.29, 0.717) is 17.3 Å². The van der Waals surface area contributed by atoms with Gasteiger partial charge in [-0.2, -0.15) is 0 Å². The van der Waals surface area contributed by atoms with Gasteiger partial charge in [0, 0.05) is 32.7 Å². The molecule has 2 aromatic rings. The minimum Gasteiger partial charge on any atom is -0.366 e. The number of nitrogens with one attached hydrogen (secondary N) is 1. The number of nitrogens with zero attached hydrogens (tertiary/aromatic N) is 2. The van der Waals surface area contributed by atoms with E-state index in [1.807, 2.05) is 11.0 Å². The Morgan fingerprint density at radius 2 is 1.62 bits per heavy atom. The summed E-state index contributed by atoms with van der Waals surface area (Å²) in [6.45, 7) is 3.48. The van der Waals surface area contributed by atoms with E-state index in [1.54, 1.807) is 24.3 Å². The van der Waals surface area contributed by atoms with Gasteiger partial charge >= 0.3 is 0 Å². The monoisotopic (exact) mass is 347 g/mol. The normalized spacial score (nSPS) is 14.6. The van der Waals surface area contributed by atoms with Crippen LogP contribution in [0.3, 0.4) is 0 Å². The van der Waals surface area contributed by atoms with Crippen LogP contribution in [-0.2, 0) is 6.54 Å². The van der Waals surface area contributed by atoms with E-state index in [1.165, 1.54) is 18.2 Å². The first-order valence-electron chi connectivity index (χ1n) is 7.90. The molecule has 0 unspecified atom stereocenters. The average Bonchev–Trinajstić information content (AvgIpc) is 2.61. The minimum atomic E-state index is -0.245. The van der Waals surface area contributed by atoms with E-state index in [4.69, 9.17) is 12.2 Å². The highest BCUT2D eigenvalue weighted by Gasteiger charge is 2.20. The summed E-state index contributed by atoms with van der Waals surface area (Å²) >= 11 is 5.43. The summed E-state index contributed by atoms with van der Waals surface area (Å²) < 4.78 is 26.7. The summed E-state index contributed by atoms with van der Waals surface area (Å²) in [5, 5.41) is 3.87. The fraction of sp³-hybridized carbons (Fsp3) is 0.278. The second kappa shape index (κ2) is 7.57. The molecule has 0 bridgehead atoms. The van der Waals surface area contributed by atoms with Crippen LogP contribution < -0.4 is 10.2 Å². The molecule has 1 saturated heterocycles. The van der Waals surface area contributed by atoms with Gasteiger partial charge in [-0.05, 0) is 42.0 Å². The Labute approximate surface area is 145 Å². The lowest BCUT2D eigenvalue weighted by molar-refractivity contribution is 0.378. The maximum absolute atomic E-state index is 13.8. The maximum Gasteiger partial charge on any atom is 0.169 e. The van der Waals surface area contributed by atoms with Crippen LogP contribution in [0.25, 0.3) is 0 Å². The van der Waals surface area contributed by atoms with Crippen molar-refractivity contribution in [1.29, 1.82) is 0 Å². The lowest BCUT2D eigenvalue weighted by Crippen LogP contribution is -2.51. The molecule has 6 heteroatoms. The molecule has 24 heavy (non-hydrogen) atoms. The third-order valence-electron chi connectivity index (χ3n) is 4.12. The first-order valence-corrected chi connectivity index (χ1v) is 8.31. The molecule has 0 aliphatic carbocycles. The molecule has 1 heterocycles. The van der Waals surface area contributed by atoms with Crippen molar-refractivity contribution in [1.82, 2.24) is 10.2 Å². The van der Waals surface area contributed by atoms with Crippen molar-refractivity contribution >= 4 is 23.0 Å². The minimum absolute atomic E-state index is 0.192. The molecule has 0 aromatic heterocycles. The van der Waals surface area contributed by atoms with Gasteiger partial charge in [0.15, 0.2) is 5.11 Å². The highest BCUT2D eigenvalue weighted by molar-refractivity contribution is 7.80. The number of halogens is 2. The van der Waals surface area contributed by atoms with Gasteiger partial charge in [0.25, 0.3) is 0 Å². The Balaban J connectivity index is 1.50. The molecule has 1 N–H and O–H groups in total. The zero-order valence-corrected chi connectivity index (χ0v) is 14.0. The lowest BCUT2D eigenvalue weighted by Gasteiger charge is -2.37. The van der Waals surface area contributed by atoms with Crippen molar-refractivity contribution in [2.24, 2.45) is 0 Å². The summed E-state index contributed by atoms with van der Waals surface area (Å²) in [5.74, 6) is -0.437. The van der Waals surface area contributed by atoms with Crippen molar-refractivity contribution in [2.75, 3.05) is 31.1 Å². The second-order valence-electron chi connectivity index (χ2n) is 5.71. The SMILES string of the molecule is Fc1ccc(CNC(=S)N2CCN(c3ccccc3F)CC2)cc1. The molecule has 0 radical (unpaired) electrons. The molecule has 3 rings (SSSR count). The number of hydrogen-bond donors (Lipinski definition) is 1. The van der Waals surface area contributed by atoms with Crippen molar-refractivity contribution in [3.05, 3.63) is 65.7 Å². The van der Waals surface area contributed by atoms with Gasteiger partial charge in [-0.25, -0.2) is 8.78 Å². The molecule has 1 aliphatic rings. The highest BCUT2D eigenvalue weighted by Crippen LogP contribution is 2.20. The first kappa shape index (κ1) is 16.6. The van der Waals surface area contributed by atoms with Crippen LogP contribution in [-0.4, -0.2) is 36.2 Å². The van der Waals surface area contributed by atoms with Crippen LogP contribution in [0.4, 0.5) is 14.5 Å². The van der Waals surface area contributed by atoms with Gasteiger partial charge in [-0.15, -0.1) is 0 Å². The van der Waals surface area contributed by atoms with Crippen molar-refractivity contribution < 1.29 is 8.78 Å². The molecular weight excluding hydrogens is 328 g/mol. The molecule has 0 saturated carbocycles. The molecule has 0 atom stereocenters. The molecule has 1 aliphatic heterocycles. The molecular formula is C18H19F2N3S. The van der Waals surface area contributed by atoms with Crippen LogP contribution >= 0.6 is 12.2 Å². The smallest absolute Gasteiger partial charge is 0.169 e. The molecule has 126 valence electrons. The van der Waals surface area contributed by atoms with E-state index in [-0.39, 0.29) is 11.6 Å². The van der Waals surface area contributed by atoms with Crippen molar-refractivity contribution in [3.63, 3.8) is 0 Å². The van der Waals surface area contributed by atoms with Gasteiger partial charge in [0.1, 0.15) is 11.6 Å². The van der Waals surface area contributed by atoms with Crippen LogP contribution in [0.1, 0.15) is 5.56 Å². The van der Waals surface area contributed by atoms with E-state index in [0.717, 1.165) is 31.7 Å². The summed E-state index contributed by atoms with van der Waals surface area (Å²) in [7, 11) is 0. The summed E-state index contributed by atoms with van der Waals surface area (Å²) in [5.41, 5.74) is 1.62. The van der Waals surface area contributed by atoms with Gasteiger partial charge < -0.3 is 15.1 Å². The number of piperazine rings is 1. The predicted octanol–water partition coefficient (Wildman–Crippen LogP) is 3.16. The zero-order chi connectivity index (χ0) is 16.9. The van der Waals surface area contributed by atoms with Gasteiger partial charge in [-0.1, -0.05) is 24.3 Å². The van der Waals surface area contributed by atoms with Crippen molar-refractivity contribution in [2.45, 2.75) is 6.54 Å². The molecule has 0 spiro atoms. The highest BCUT2D eigenvalue weighted by atomic mass is 32.1. The Kier molecular flexibility index (Phi) is 5.25. The number of para-hydroxylation sites is 1. The third-order valence-corrected chi connectivity index (χ3v) is 4.52. The van der Waals surface area contributed by atoms with E-state index < -0.39 is 0 Å². The van der Waals surface area contributed by atoms with Crippen LogP contribution in [0.5, 0.6) is 0 Å². The van der Waals surface area contributed by atoms with Gasteiger partial charge in [-0.3, -0.25) is 0 Å². The number of rotatable bonds is 3. The predicted molar refractivity (Wildman–Crippen MR) is 96.0 cm³/mol. The number of thiocarbonyl (C=S) groups is 1. The van der Waals surface area contributed by atoms with E-state index in [9.17, 15) is 8.78 Å². The van der Waals surface area contributed by atoms with Crippen molar-refractivity contribution in [3.8, 4) is 0 Å². The lowest BCUT2D eigenvalue weighted by atomic mass is 10.2. The van der Waals surface area contributed by atoms with Crippen LogP contribution in [0.15, 0.2) is 48.5 Å². The van der Waals surface area contributed by atoms with E-state index in [2.05, 4.69) is 10.2 Å². The quantitative estimate of drug-likeness (QED) is 0.860. The van der Waals surface area contributed by atoms with Gasteiger partial charge in [0.2, 0.25) is 0 Å². The maximum atomic E-state index is 13.8. The molecule has 3 nitrogen and oxygen atoms in total. The summed E-state index contributed by atoms with van der Waals surface area (Å²) in [6.07, 6.45) is 0. The number of hydrogen-bond acceptors (Lipinski definition) is 2. The zero-order valence-electron chi connectivity index (χ0n) is 13.2. The largest absolute Gasteiger partial charge is 0.366 e. The third kappa shape index (κ3) is 4.00. The molecule has 0 amide bonds. The summed E-state index contributed by atoms with van der Waals surface area (Å²) in [4.78, 5) is 4.12. The standard InChI is InChI=1S/C18H19F2N3S/c19-15-7-5-14(6-8-15)13-21-18(24)23-11-9-22(10-12-23)17-4-2-1-3-16(17)20/h1-8H,9-13H2,(H,21,24). The Morgan fingerprint density at radius 3 is 2.29 bits per heavy atom. The molecule has 1 fully saturated rings. The Hall–Kier alpha value is -2.21. The topological polar surface area (TPSA) is 18.5 Å². The second-order valence-corrected chi connectivity index (χ2v) is 6.10. The summed E-state index contributed by atoms with van der Waals surface area (Å²) in [6, 6.07) is 13.2. The van der Waals surface area contributed by atoms with E-state index >= 15 is 0 Å². The average molecular weight is 347 g/mol. The van der Waals surface area contributed by atoms with Crippen LogP contribution in [0, 0.1) is 11.6 Å². The Morgan fingerprint density at radius 1 is 0.958 bits per heavy atom. The number of benzene rings is 2. The number of anilines is 1.